The van der Waals surface area contributed by atoms with E-state index in [4.69, 9.17) is 16.3 Å². The van der Waals surface area contributed by atoms with Crippen molar-refractivity contribution in [1.82, 2.24) is 0 Å². The van der Waals surface area contributed by atoms with Crippen LogP contribution in [0.15, 0.2) is 78.5 Å². The van der Waals surface area contributed by atoms with Gasteiger partial charge in [-0.1, -0.05) is 54.1 Å². The number of ether oxygens (including phenoxy) is 1. The van der Waals surface area contributed by atoms with Gasteiger partial charge in [-0.2, -0.15) is 0 Å². The molecule has 2 aliphatic heterocycles. The van der Waals surface area contributed by atoms with Crippen molar-refractivity contribution in [2.45, 2.75) is 12.8 Å². The van der Waals surface area contributed by atoms with Crippen molar-refractivity contribution < 1.29 is 14.3 Å². The third-order valence-corrected chi connectivity index (χ3v) is 6.15. The molecule has 0 aliphatic carbocycles. The van der Waals surface area contributed by atoms with Gasteiger partial charge in [0.1, 0.15) is 11.4 Å². The van der Waals surface area contributed by atoms with Crippen LogP contribution in [0.2, 0.25) is 5.02 Å². The summed E-state index contributed by atoms with van der Waals surface area (Å²) < 4.78 is 5.45. The van der Waals surface area contributed by atoms with Crippen LogP contribution in [-0.4, -0.2) is 25.5 Å². The molecule has 2 aliphatic rings. The molecule has 160 valence electrons. The molecule has 2 heterocycles. The highest BCUT2D eigenvalue weighted by molar-refractivity contribution is 6.46. The molecule has 5 nitrogen and oxygen atoms in total. The van der Waals surface area contributed by atoms with Crippen LogP contribution in [0, 0.1) is 0 Å². The first-order valence-electron chi connectivity index (χ1n) is 10.5. The predicted molar refractivity (Wildman–Crippen MR) is 126 cm³/mol. The Bertz CT molecular complexity index is 1250. The highest BCUT2D eigenvalue weighted by atomic mass is 35.5. The first-order chi connectivity index (χ1) is 15.6. The summed E-state index contributed by atoms with van der Waals surface area (Å²) in [6.07, 6.45) is 1.83. The average Bonchev–Trinajstić information content (AvgIpc) is 3.08. The Kier molecular flexibility index (Phi) is 5.19. The molecule has 0 atom stereocenters. The third kappa shape index (κ3) is 3.26. The van der Waals surface area contributed by atoms with Gasteiger partial charge in [0, 0.05) is 17.3 Å². The summed E-state index contributed by atoms with van der Waals surface area (Å²) in [4.78, 5) is 30.8. The minimum absolute atomic E-state index is 0.360. The van der Waals surface area contributed by atoms with Gasteiger partial charge in [-0.25, -0.2) is 4.90 Å². The Labute approximate surface area is 191 Å². The molecule has 0 N–H and O–H groups in total. The molecule has 3 aromatic rings. The average molecular weight is 445 g/mol. The number of aryl methyl sites for hydroxylation is 1. The lowest BCUT2D eigenvalue weighted by Gasteiger charge is -2.32. The monoisotopic (exact) mass is 444 g/mol. The molecule has 5 rings (SSSR count). The molecule has 0 bridgehead atoms. The van der Waals surface area contributed by atoms with E-state index in [1.165, 1.54) is 12.0 Å². The molecule has 32 heavy (non-hydrogen) atoms. The van der Waals surface area contributed by atoms with Crippen LogP contribution in [0.5, 0.6) is 5.75 Å². The standard InChI is InChI=1S/C26H21ClN2O3/c1-32-22-11-5-4-10-21(22)29-25(30)23(18-12-14-19(27)15-13-18)24(26(29)31)28-16-6-8-17-7-2-3-9-20(17)28/h2-5,7,9-15H,6,8,16H2,1H3. The largest absolute Gasteiger partial charge is 0.495 e. The molecule has 0 aromatic heterocycles. The van der Waals surface area contributed by atoms with Crippen molar-refractivity contribution in [3.63, 3.8) is 0 Å². The van der Waals surface area contributed by atoms with Crippen molar-refractivity contribution in [3.8, 4) is 5.75 Å². The van der Waals surface area contributed by atoms with Gasteiger partial charge >= 0.3 is 0 Å². The number of hydrogen-bond acceptors (Lipinski definition) is 4. The van der Waals surface area contributed by atoms with Gasteiger partial charge in [0.05, 0.1) is 18.4 Å². The van der Waals surface area contributed by atoms with E-state index >= 15 is 0 Å². The fraction of sp³-hybridized carbons (Fsp3) is 0.154. The molecular formula is C26H21ClN2O3. The van der Waals surface area contributed by atoms with Crippen molar-refractivity contribution in [2.24, 2.45) is 0 Å². The van der Waals surface area contributed by atoms with E-state index in [9.17, 15) is 9.59 Å². The van der Waals surface area contributed by atoms with E-state index in [2.05, 4.69) is 6.07 Å². The number of imide groups is 1. The first kappa shape index (κ1) is 20.3. The van der Waals surface area contributed by atoms with E-state index in [1.807, 2.05) is 29.2 Å². The number of methoxy groups -OCH3 is 1. The summed E-state index contributed by atoms with van der Waals surface area (Å²) in [5, 5.41) is 0.567. The minimum atomic E-state index is -0.375. The van der Waals surface area contributed by atoms with Gasteiger partial charge in [-0.05, 0) is 54.3 Å². The van der Waals surface area contributed by atoms with E-state index in [1.54, 1.807) is 42.5 Å². The van der Waals surface area contributed by atoms with E-state index in [0.717, 1.165) is 24.1 Å². The van der Waals surface area contributed by atoms with Gasteiger partial charge in [0.25, 0.3) is 11.8 Å². The van der Waals surface area contributed by atoms with Crippen LogP contribution >= 0.6 is 11.6 Å². The summed E-state index contributed by atoms with van der Waals surface area (Å²) in [5.41, 5.74) is 3.96. The number of anilines is 2. The van der Waals surface area contributed by atoms with Crippen molar-refractivity contribution in [1.29, 1.82) is 0 Å². The van der Waals surface area contributed by atoms with E-state index in [0.29, 0.717) is 39.8 Å². The smallest absolute Gasteiger partial charge is 0.282 e. The molecule has 2 amide bonds. The van der Waals surface area contributed by atoms with Crippen LogP contribution in [0.3, 0.4) is 0 Å². The van der Waals surface area contributed by atoms with Gasteiger partial charge < -0.3 is 9.64 Å². The molecule has 0 fully saturated rings. The number of hydrogen-bond donors (Lipinski definition) is 0. The summed E-state index contributed by atoms with van der Waals surface area (Å²) in [6, 6.07) is 22.1. The van der Waals surface area contributed by atoms with Gasteiger partial charge in [-0.15, -0.1) is 0 Å². The SMILES string of the molecule is COc1ccccc1N1C(=O)C(c2ccc(Cl)cc2)=C(N2CCCc3ccccc32)C1=O. The topological polar surface area (TPSA) is 49.9 Å². The second kappa shape index (κ2) is 8.17. The normalized spacial score (nSPS) is 15.9. The molecule has 0 radical (unpaired) electrons. The van der Waals surface area contributed by atoms with Crippen LogP contribution < -0.4 is 14.5 Å². The fourth-order valence-corrected chi connectivity index (χ4v) is 4.57. The zero-order chi connectivity index (χ0) is 22.2. The van der Waals surface area contributed by atoms with E-state index in [-0.39, 0.29) is 11.8 Å². The van der Waals surface area contributed by atoms with Crippen LogP contribution in [0.25, 0.3) is 5.57 Å². The molecule has 3 aromatic carbocycles. The maximum Gasteiger partial charge on any atom is 0.282 e. The van der Waals surface area contributed by atoms with Crippen molar-refractivity contribution >= 4 is 40.4 Å². The fourth-order valence-electron chi connectivity index (χ4n) is 4.44. The molecule has 0 spiro atoms. The molecule has 6 heteroatoms. The lowest BCUT2D eigenvalue weighted by molar-refractivity contribution is -0.120. The second-order valence-corrected chi connectivity index (χ2v) is 8.17. The minimum Gasteiger partial charge on any atom is -0.495 e. The lowest BCUT2D eigenvalue weighted by Crippen LogP contribution is -2.37. The summed E-state index contributed by atoms with van der Waals surface area (Å²) >= 11 is 6.09. The number of para-hydroxylation sites is 3. The number of rotatable bonds is 4. The number of halogens is 1. The molecule has 0 saturated carbocycles. The quantitative estimate of drug-likeness (QED) is 0.526. The summed E-state index contributed by atoms with van der Waals surface area (Å²) in [6.45, 7) is 0.655. The Balaban J connectivity index is 1.71. The Hall–Kier alpha value is -3.57. The number of carbonyl (C=O) groups is 2. The highest BCUT2D eigenvalue weighted by Crippen LogP contribution is 2.41. The zero-order valence-corrected chi connectivity index (χ0v) is 18.3. The second-order valence-electron chi connectivity index (χ2n) is 7.73. The Morgan fingerprint density at radius 1 is 0.844 bits per heavy atom. The molecule has 0 unspecified atom stereocenters. The maximum absolute atomic E-state index is 13.9. The van der Waals surface area contributed by atoms with Crippen LogP contribution in [0.4, 0.5) is 11.4 Å². The van der Waals surface area contributed by atoms with Crippen molar-refractivity contribution in [2.75, 3.05) is 23.5 Å². The summed E-state index contributed by atoms with van der Waals surface area (Å²) in [7, 11) is 1.53. The van der Waals surface area contributed by atoms with Gasteiger partial charge in [0.2, 0.25) is 0 Å². The number of amides is 2. The predicted octanol–water partition coefficient (Wildman–Crippen LogP) is 5.09. The third-order valence-electron chi connectivity index (χ3n) is 5.90. The Morgan fingerprint density at radius 3 is 2.28 bits per heavy atom. The first-order valence-corrected chi connectivity index (χ1v) is 10.9. The Morgan fingerprint density at radius 2 is 1.53 bits per heavy atom. The maximum atomic E-state index is 13.9. The highest BCUT2D eigenvalue weighted by Gasteiger charge is 2.44. The number of fused-ring (bicyclic) bond motifs is 1. The van der Waals surface area contributed by atoms with E-state index < -0.39 is 0 Å². The van der Waals surface area contributed by atoms with Crippen LogP contribution in [0.1, 0.15) is 17.5 Å². The number of nitrogens with zero attached hydrogens (tertiary/aromatic N) is 2. The molecular weight excluding hydrogens is 424 g/mol. The number of benzene rings is 3. The van der Waals surface area contributed by atoms with Crippen molar-refractivity contribution in [3.05, 3.63) is 94.6 Å². The van der Waals surface area contributed by atoms with Crippen LogP contribution in [-0.2, 0) is 16.0 Å². The molecule has 0 saturated heterocycles. The zero-order valence-electron chi connectivity index (χ0n) is 17.5. The van der Waals surface area contributed by atoms with Gasteiger partial charge in [0.15, 0.2) is 0 Å². The lowest BCUT2D eigenvalue weighted by atomic mass is 9.98. The number of carbonyl (C=O) groups excluding carboxylic acids is 2. The summed E-state index contributed by atoms with van der Waals surface area (Å²) in [5.74, 6) is -0.272. The van der Waals surface area contributed by atoms with Gasteiger partial charge in [-0.3, -0.25) is 9.59 Å².